The molecule has 3 N–H and O–H groups in total. The monoisotopic (exact) mass is 610 g/mol. The van der Waals surface area contributed by atoms with Crippen LogP contribution in [0.25, 0.3) is 21.8 Å². The fourth-order valence-corrected chi connectivity index (χ4v) is 6.22. The van der Waals surface area contributed by atoms with Crippen LogP contribution in [0, 0.1) is 0 Å². The molecule has 0 saturated heterocycles. The number of hydrogen-bond acceptors (Lipinski definition) is 6. The largest absolute Gasteiger partial charge is 0.496 e. The first kappa shape index (κ1) is 29.9. The number of rotatable bonds is 7. The molecule has 2 amide bonds. The van der Waals surface area contributed by atoms with E-state index >= 15 is 0 Å². The van der Waals surface area contributed by atoms with Crippen LogP contribution in [-0.2, 0) is 22.5 Å². The third kappa shape index (κ3) is 5.52. The summed E-state index contributed by atoms with van der Waals surface area (Å²) in [4.78, 5) is 37.0. The molecule has 10 heteroatoms. The van der Waals surface area contributed by atoms with Gasteiger partial charge in [0.2, 0.25) is 5.91 Å². The second-order valence-electron chi connectivity index (χ2n) is 12.1. The molecular formula is C35H38N4O6. The summed E-state index contributed by atoms with van der Waals surface area (Å²) in [5.41, 5.74) is 4.43. The van der Waals surface area contributed by atoms with E-state index in [0.29, 0.717) is 29.2 Å². The molecule has 0 unspecified atom stereocenters. The van der Waals surface area contributed by atoms with Crippen molar-refractivity contribution in [3.05, 3.63) is 89.2 Å². The average molecular weight is 611 g/mol. The number of H-pyrrole nitrogens is 2. The molecule has 2 atom stereocenters. The Balaban J connectivity index is 1.47. The zero-order valence-electron chi connectivity index (χ0n) is 26.3. The van der Waals surface area contributed by atoms with Gasteiger partial charge in [-0.05, 0) is 38.5 Å². The van der Waals surface area contributed by atoms with Crippen molar-refractivity contribution in [3.8, 4) is 17.2 Å². The van der Waals surface area contributed by atoms with E-state index < -0.39 is 23.8 Å². The highest BCUT2D eigenvalue weighted by atomic mass is 16.6. The number of methoxy groups -OCH3 is 3. The molecule has 3 heterocycles. The van der Waals surface area contributed by atoms with Crippen LogP contribution in [-0.4, -0.2) is 59.8 Å². The van der Waals surface area contributed by atoms with E-state index in [4.69, 9.17) is 18.9 Å². The minimum absolute atomic E-state index is 0.103. The number of carbonyl (C=O) groups excluding carboxylic acids is 2. The predicted octanol–water partition coefficient (Wildman–Crippen LogP) is 6.24. The quantitative estimate of drug-likeness (QED) is 0.201. The van der Waals surface area contributed by atoms with Crippen molar-refractivity contribution in [1.82, 2.24) is 20.2 Å². The second-order valence-corrected chi connectivity index (χ2v) is 12.1. The van der Waals surface area contributed by atoms with E-state index in [9.17, 15) is 9.59 Å². The molecule has 234 valence electrons. The lowest BCUT2D eigenvalue weighted by molar-refractivity contribution is -0.127. The van der Waals surface area contributed by atoms with E-state index in [2.05, 4.69) is 15.3 Å². The lowest BCUT2D eigenvalue weighted by atomic mass is 9.87. The van der Waals surface area contributed by atoms with Crippen molar-refractivity contribution in [1.29, 1.82) is 0 Å². The Morgan fingerprint density at radius 1 is 0.911 bits per heavy atom. The van der Waals surface area contributed by atoms with Crippen LogP contribution in [0.4, 0.5) is 4.79 Å². The zero-order chi connectivity index (χ0) is 31.9. The maximum atomic E-state index is 14.3. The molecule has 3 aromatic carbocycles. The highest BCUT2D eigenvalue weighted by molar-refractivity contribution is 5.93. The second kappa shape index (κ2) is 11.8. The Kier molecular flexibility index (Phi) is 7.82. The molecule has 1 aliphatic heterocycles. The van der Waals surface area contributed by atoms with E-state index in [0.717, 1.165) is 38.6 Å². The van der Waals surface area contributed by atoms with E-state index in [-0.39, 0.29) is 12.5 Å². The average Bonchev–Trinajstić information content (AvgIpc) is 3.63. The lowest BCUT2D eigenvalue weighted by Crippen LogP contribution is -2.55. The minimum atomic E-state index is -0.888. The molecule has 0 bridgehead atoms. The summed E-state index contributed by atoms with van der Waals surface area (Å²) < 4.78 is 22.6. The Hall–Kier alpha value is -5.12. The van der Waals surface area contributed by atoms with Gasteiger partial charge in [-0.2, -0.15) is 0 Å². The SMILES string of the molecule is COc1cc(OC)c(CNC(=O)[C@H]2Cc3c([nH]c4ccccc34)[C@H](c3c[nH]c4ccccc34)N2C(=O)OC(C)(C)C)c(OC)c1. The molecular weight excluding hydrogens is 572 g/mol. The van der Waals surface area contributed by atoms with Crippen molar-refractivity contribution in [3.63, 3.8) is 0 Å². The molecule has 0 saturated carbocycles. The zero-order valence-corrected chi connectivity index (χ0v) is 26.3. The molecule has 2 aromatic heterocycles. The van der Waals surface area contributed by atoms with Gasteiger partial charge in [0.05, 0.1) is 33.4 Å². The topological polar surface area (TPSA) is 118 Å². The summed E-state index contributed by atoms with van der Waals surface area (Å²) in [5, 5.41) is 5.03. The van der Waals surface area contributed by atoms with Crippen molar-refractivity contribution in [2.45, 2.75) is 51.4 Å². The van der Waals surface area contributed by atoms with Gasteiger partial charge in [0.25, 0.3) is 0 Å². The van der Waals surface area contributed by atoms with Gasteiger partial charge in [-0.3, -0.25) is 9.69 Å². The van der Waals surface area contributed by atoms with Crippen LogP contribution >= 0.6 is 0 Å². The normalized spacial score (nSPS) is 16.4. The third-order valence-corrected chi connectivity index (χ3v) is 8.21. The van der Waals surface area contributed by atoms with Gasteiger partial charge < -0.3 is 34.2 Å². The van der Waals surface area contributed by atoms with Gasteiger partial charge in [0, 0.05) is 57.8 Å². The summed E-state index contributed by atoms with van der Waals surface area (Å²) in [5.74, 6) is 1.25. The fourth-order valence-electron chi connectivity index (χ4n) is 6.22. The van der Waals surface area contributed by atoms with Crippen LogP contribution in [0.5, 0.6) is 17.2 Å². The number of fused-ring (bicyclic) bond motifs is 4. The molecule has 5 aromatic rings. The molecule has 0 fully saturated rings. The number of nitrogens with zero attached hydrogens (tertiary/aromatic N) is 1. The standard InChI is InChI=1S/C35H38N4O6/c1-35(2,3)45-34(41)39-28(33(40)37-19-25-29(43-5)15-20(42-4)16-30(25)44-6)17-23-21-11-8-10-14-27(21)38-31(23)32(39)24-18-36-26-13-9-7-12-22(24)26/h7-16,18,28,32,36,38H,17,19H2,1-6H3,(H,37,40)/t28-,32+/m1/s1. The van der Waals surface area contributed by atoms with Crippen molar-refractivity contribution < 1.29 is 28.5 Å². The number of aromatic amines is 2. The van der Waals surface area contributed by atoms with E-state index in [1.165, 1.54) is 0 Å². The van der Waals surface area contributed by atoms with Crippen LogP contribution in [0.15, 0.2) is 66.9 Å². The summed E-state index contributed by atoms with van der Waals surface area (Å²) in [6, 6.07) is 17.9. The first-order valence-corrected chi connectivity index (χ1v) is 14.9. The number of benzene rings is 3. The summed E-state index contributed by atoms with van der Waals surface area (Å²) in [7, 11) is 4.66. The lowest BCUT2D eigenvalue weighted by Gasteiger charge is -2.41. The Morgan fingerprint density at radius 2 is 1.56 bits per heavy atom. The highest BCUT2D eigenvalue weighted by Gasteiger charge is 2.46. The van der Waals surface area contributed by atoms with Gasteiger partial charge in [-0.1, -0.05) is 36.4 Å². The highest BCUT2D eigenvalue weighted by Crippen LogP contribution is 2.44. The number of aromatic nitrogens is 2. The molecule has 1 aliphatic rings. The Morgan fingerprint density at radius 3 is 2.20 bits per heavy atom. The Labute approximate surface area is 261 Å². The van der Waals surface area contributed by atoms with Gasteiger partial charge in [0.1, 0.15) is 34.9 Å². The smallest absolute Gasteiger partial charge is 0.411 e. The van der Waals surface area contributed by atoms with Crippen molar-refractivity contribution >= 4 is 33.8 Å². The Bertz CT molecular complexity index is 1860. The number of carbonyl (C=O) groups is 2. The van der Waals surface area contributed by atoms with Crippen molar-refractivity contribution in [2.24, 2.45) is 0 Å². The molecule has 45 heavy (non-hydrogen) atoms. The molecule has 0 radical (unpaired) electrons. The van der Waals surface area contributed by atoms with Crippen LogP contribution in [0.3, 0.4) is 0 Å². The van der Waals surface area contributed by atoms with E-state index in [1.807, 2.05) is 75.5 Å². The molecule has 10 nitrogen and oxygen atoms in total. The first-order chi connectivity index (χ1) is 21.6. The molecule has 0 aliphatic carbocycles. The van der Waals surface area contributed by atoms with Crippen LogP contribution < -0.4 is 19.5 Å². The summed E-state index contributed by atoms with van der Waals surface area (Å²) in [6.45, 7) is 5.57. The number of amides is 2. The van der Waals surface area contributed by atoms with Crippen LogP contribution in [0.1, 0.15) is 49.2 Å². The maximum Gasteiger partial charge on any atom is 0.411 e. The number of ether oxygens (including phenoxy) is 4. The molecule has 0 spiro atoms. The van der Waals surface area contributed by atoms with Crippen LogP contribution in [0.2, 0.25) is 0 Å². The summed E-state index contributed by atoms with van der Waals surface area (Å²) in [6.07, 6.45) is 1.62. The number of hydrogen-bond donors (Lipinski definition) is 3. The first-order valence-electron chi connectivity index (χ1n) is 14.9. The minimum Gasteiger partial charge on any atom is -0.496 e. The van der Waals surface area contributed by atoms with Crippen molar-refractivity contribution in [2.75, 3.05) is 21.3 Å². The van der Waals surface area contributed by atoms with Gasteiger partial charge in [-0.15, -0.1) is 0 Å². The fraction of sp³-hybridized carbons (Fsp3) is 0.314. The van der Waals surface area contributed by atoms with Gasteiger partial charge >= 0.3 is 6.09 Å². The number of nitrogens with one attached hydrogen (secondary N) is 3. The molecule has 6 rings (SSSR count). The van der Waals surface area contributed by atoms with Gasteiger partial charge in [0.15, 0.2) is 0 Å². The predicted molar refractivity (Wildman–Crippen MR) is 172 cm³/mol. The summed E-state index contributed by atoms with van der Waals surface area (Å²) >= 11 is 0. The third-order valence-electron chi connectivity index (χ3n) is 8.21. The maximum absolute atomic E-state index is 14.3. The van der Waals surface area contributed by atoms with Gasteiger partial charge in [-0.25, -0.2) is 4.79 Å². The number of para-hydroxylation sites is 2. The van der Waals surface area contributed by atoms with E-state index in [1.54, 1.807) is 38.4 Å².